The van der Waals surface area contributed by atoms with E-state index >= 15 is 0 Å². The van der Waals surface area contributed by atoms with E-state index in [0.717, 1.165) is 5.56 Å². The van der Waals surface area contributed by atoms with Gasteiger partial charge in [-0.3, -0.25) is 0 Å². The monoisotopic (exact) mass is 150 g/mol. The second-order valence-corrected chi connectivity index (χ2v) is 3.33. The van der Waals surface area contributed by atoms with Gasteiger partial charge >= 0.3 is 0 Å². The Labute approximate surface area is 63.5 Å². The van der Waals surface area contributed by atoms with Gasteiger partial charge in [-0.1, -0.05) is 29.8 Å². The SMILES string of the molecule is Cc1ccc(C(=O)[SiH3])cc1. The molecule has 0 aliphatic rings. The molecule has 0 aliphatic heterocycles. The molecular formula is C8H10OSi. The van der Waals surface area contributed by atoms with Crippen LogP contribution in [0.15, 0.2) is 24.3 Å². The molecule has 1 aromatic rings. The zero-order valence-electron chi connectivity index (χ0n) is 6.22. The number of benzene rings is 1. The highest BCUT2D eigenvalue weighted by Crippen LogP contribution is 2.01. The summed E-state index contributed by atoms with van der Waals surface area (Å²) in [6, 6.07) is 7.69. The lowest BCUT2D eigenvalue weighted by Gasteiger charge is -1.94. The molecule has 0 aromatic heterocycles. The van der Waals surface area contributed by atoms with Crippen molar-refractivity contribution in [1.82, 2.24) is 0 Å². The molecule has 52 valence electrons. The summed E-state index contributed by atoms with van der Waals surface area (Å²) < 4.78 is 0. The van der Waals surface area contributed by atoms with E-state index < -0.39 is 0 Å². The van der Waals surface area contributed by atoms with E-state index in [4.69, 9.17) is 0 Å². The predicted octanol–water partition coefficient (Wildman–Crippen LogP) is 0.501. The topological polar surface area (TPSA) is 17.1 Å². The maximum absolute atomic E-state index is 10.8. The zero-order valence-corrected chi connectivity index (χ0v) is 8.22. The molecule has 0 N–H and O–H groups in total. The highest BCUT2D eigenvalue weighted by molar-refractivity contribution is 6.62. The molecule has 0 heterocycles. The average Bonchev–Trinajstić information content (AvgIpc) is 1.88. The molecule has 0 aliphatic carbocycles. The molecule has 0 bridgehead atoms. The molecule has 0 saturated carbocycles. The van der Waals surface area contributed by atoms with Gasteiger partial charge in [0.25, 0.3) is 0 Å². The van der Waals surface area contributed by atoms with Crippen LogP contribution in [0.5, 0.6) is 0 Å². The van der Waals surface area contributed by atoms with E-state index in [2.05, 4.69) is 0 Å². The van der Waals surface area contributed by atoms with Gasteiger partial charge in [0.2, 0.25) is 0 Å². The van der Waals surface area contributed by atoms with Crippen molar-refractivity contribution < 1.29 is 4.79 Å². The van der Waals surface area contributed by atoms with Gasteiger partial charge in [-0.15, -0.1) is 0 Å². The molecule has 1 aromatic carbocycles. The van der Waals surface area contributed by atoms with Gasteiger partial charge in [0.05, 0.1) is 10.2 Å². The Morgan fingerprint density at radius 3 is 2.20 bits per heavy atom. The number of hydrogen-bond donors (Lipinski definition) is 0. The van der Waals surface area contributed by atoms with E-state index in [1.54, 1.807) is 0 Å². The van der Waals surface area contributed by atoms with Crippen molar-refractivity contribution in [2.75, 3.05) is 0 Å². The first kappa shape index (κ1) is 7.22. The lowest BCUT2D eigenvalue weighted by Crippen LogP contribution is -1.95. The summed E-state index contributed by atoms with van der Waals surface area (Å²) in [5.41, 5.74) is 2.05. The van der Waals surface area contributed by atoms with E-state index in [0.29, 0.717) is 10.2 Å². The van der Waals surface area contributed by atoms with Crippen LogP contribution in [0, 0.1) is 6.92 Å². The third-order valence-electron chi connectivity index (χ3n) is 1.46. The molecule has 0 saturated heterocycles. The molecule has 2 heteroatoms. The minimum Gasteiger partial charge on any atom is -0.301 e. The standard InChI is InChI=1S/C8H10OSi/c1-6-2-4-7(5-3-6)8(9)10/h2-5H,1,10H3. The quantitative estimate of drug-likeness (QED) is 0.533. The lowest BCUT2D eigenvalue weighted by molar-refractivity contribution is 0.108. The van der Waals surface area contributed by atoms with Gasteiger partial charge in [0.15, 0.2) is 0 Å². The van der Waals surface area contributed by atoms with E-state index in [1.807, 2.05) is 31.2 Å². The van der Waals surface area contributed by atoms with Crippen LogP contribution in [0.25, 0.3) is 0 Å². The predicted molar refractivity (Wildman–Crippen MR) is 45.4 cm³/mol. The van der Waals surface area contributed by atoms with Crippen LogP contribution in [-0.2, 0) is 0 Å². The van der Waals surface area contributed by atoms with Crippen LogP contribution < -0.4 is 0 Å². The fourth-order valence-electron chi connectivity index (χ4n) is 0.788. The number of rotatable bonds is 1. The summed E-state index contributed by atoms with van der Waals surface area (Å²) in [6.45, 7) is 2.02. The normalized spacial score (nSPS) is 9.70. The average molecular weight is 150 g/mol. The van der Waals surface area contributed by atoms with Gasteiger partial charge in [0, 0.05) is 5.56 Å². The van der Waals surface area contributed by atoms with Crippen molar-refractivity contribution in [1.29, 1.82) is 0 Å². The lowest BCUT2D eigenvalue weighted by atomic mass is 10.2. The Hall–Kier alpha value is -0.893. The van der Waals surface area contributed by atoms with Crippen LogP contribution in [0.1, 0.15) is 15.9 Å². The third kappa shape index (κ3) is 1.54. The Bertz CT molecular complexity index is 238. The van der Waals surface area contributed by atoms with E-state index in [9.17, 15) is 4.79 Å². The minimum atomic E-state index is 0.264. The van der Waals surface area contributed by atoms with Crippen molar-refractivity contribution in [3.8, 4) is 0 Å². The zero-order chi connectivity index (χ0) is 7.56. The summed E-state index contributed by atoms with van der Waals surface area (Å²) >= 11 is 0. The third-order valence-corrected chi connectivity index (χ3v) is 2.04. The smallest absolute Gasteiger partial charge is 0.129 e. The molecule has 0 atom stereocenters. The van der Waals surface area contributed by atoms with Crippen LogP contribution >= 0.6 is 0 Å². The maximum atomic E-state index is 10.8. The molecule has 0 radical (unpaired) electrons. The number of hydrogen-bond acceptors (Lipinski definition) is 1. The maximum Gasteiger partial charge on any atom is 0.129 e. The Morgan fingerprint density at radius 2 is 1.80 bits per heavy atom. The van der Waals surface area contributed by atoms with E-state index in [-0.39, 0.29) is 5.41 Å². The molecule has 0 spiro atoms. The fourth-order valence-corrected chi connectivity index (χ4v) is 1.12. The van der Waals surface area contributed by atoms with Gasteiger partial charge < -0.3 is 4.79 Å². The van der Waals surface area contributed by atoms with Crippen LogP contribution in [0.4, 0.5) is 0 Å². The largest absolute Gasteiger partial charge is 0.301 e. The molecule has 0 fully saturated rings. The van der Waals surface area contributed by atoms with Crippen LogP contribution in [0.2, 0.25) is 0 Å². The first-order valence-electron chi connectivity index (χ1n) is 3.28. The summed E-state index contributed by atoms with van der Waals surface area (Å²) in [5.74, 6) is 0. The van der Waals surface area contributed by atoms with Crippen molar-refractivity contribution in [3.63, 3.8) is 0 Å². The first-order chi connectivity index (χ1) is 4.70. The number of carbonyl (C=O) groups is 1. The summed E-state index contributed by atoms with van der Waals surface area (Å²) in [6.07, 6.45) is 0. The minimum absolute atomic E-state index is 0.264. The fraction of sp³-hybridized carbons (Fsp3) is 0.125. The summed E-state index contributed by atoms with van der Waals surface area (Å²) in [7, 11) is 0.616. The molecule has 0 amide bonds. The second-order valence-electron chi connectivity index (χ2n) is 2.42. The van der Waals surface area contributed by atoms with Crippen LogP contribution in [-0.4, -0.2) is 15.6 Å². The highest BCUT2D eigenvalue weighted by Gasteiger charge is 1.94. The Morgan fingerprint density at radius 1 is 1.30 bits per heavy atom. The van der Waals surface area contributed by atoms with Gasteiger partial charge in [-0.2, -0.15) is 0 Å². The number of carbonyl (C=O) groups excluding carboxylic acids is 1. The van der Waals surface area contributed by atoms with Crippen molar-refractivity contribution in [2.24, 2.45) is 0 Å². The van der Waals surface area contributed by atoms with Crippen molar-refractivity contribution in [2.45, 2.75) is 6.92 Å². The van der Waals surface area contributed by atoms with E-state index in [1.165, 1.54) is 5.56 Å². The molecular weight excluding hydrogens is 140 g/mol. The molecule has 1 rings (SSSR count). The Balaban J connectivity index is 3.00. The molecule has 1 nitrogen and oxygen atoms in total. The summed E-state index contributed by atoms with van der Waals surface area (Å²) in [5, 5.41) is 0.264. The number of aryl methyl sites for hydroxylation is 1. The van der Waals surface area contributed by atoms with Crippen LogP contribution in [0.3, 0.4) is 0 Å². The van der Waals surface area contributed by atoms with Gasteiger partial charge in [-0.05, 0) is 6.92 Å². The molecule has 0 unspecified atom stereocenters. The van der Waals surface area contributed by atoms with Crippen molar-refractivity contribution >= 4 is 15.6 Å². The Kier molecular flexibility index (Phi) is 2.02. The second kappa shape index (κ2) is 2.79. The van der Waals surface area contributed by atoms with Crippen molar-refractivity contribution in [3.05, 3.63) is 35.4 Å². The highest BCUT2D eigenvalue weighted by atomic mass is 28.1. The van der Waals surface area contributed by atoms with Gasteiger partial charge in [-0.25, -0.2) is 0 Å². The molecule has 10 heavy (non-hydrogen) atoms. The summed E-state index contributed by atoms with van der Waals surface area (Å²) in [4.78, 5) is 10.8. The van der Waals surface area contributed by atoms with Gasteiger partial charge in [0.1, 0.15) is 5.41 Å². The first-order valence-corrected chi connectivity index (χ1v) is 4.28.